The summed E-state index contributed by atoms with van der Waals surface area (Å²) in [6, 6.07) is 60.7. The highest BCUT2D eigenvalue weighted by atomic mass is 16.3. The Morgan fingerprint density at radius 1 is 0.265 bits per heavy atom. The fraction of sp³-hybridized carbons (Fsp3) is 0. The summed E-state index contributed by atoms with van der Waals surface area (Å²) < 4.78 is 6.38. The van der Waals surface area contributed by atoms with Crippen LogP contribution in [0.15, 0.2) is 180 Å². The van der Waals surface area contributed by atoms with Crippen LogP contribution in [0.5, 0.6) is 0 Å². The standard InChI is InChI=1S/C45H29N3O/c1-4-10-30(11-5-1)31-16-18-32(19-17-31)33-20-22-34(23-21-33)37-25-27-41-40(28-37)39-26-24-38(29-42(39)49-41)45-47-43(35-12-6-2-7-13-35)46-44(48-45)36-14-8-3-9-15-36/h1-29H. The molecule has 2 heterocycles. The first kappa shape index (κ1) is 28.6. The van der Waals surface area contributed by atoms with Crippen LogP contribution < -0.4 is 0 Å². The lowest BCUT2D eigenvalue weighted by molar-refractivity contribution is 0.669. The smallest absolute Gasteiger partial charge is 0.164 e. The number of benzene rings is 7. The van der Waals surface area contributed by atoms with Gasteiger partial charge >= 0.3 is 0 Å². The van der Waals surface area contributed by atoms with E-state index in [2.05, 4.69) is 103 Å². The van der Waals surface area contributed by atoms with Gasteiger partial charge < -0.3 is 4.42 Å². The summed E-state index contributed by atoms with van der Waals surface area (Å²) in [6.07, 6.45) is 0. The number of hydrogen-bond acceptors (Lipinski definition) is 4. The van der Waals surface area contributed by atoms with Crippen LogP contribution in [-0.2, 0) is 0 Å². The number of hydrogen-bond donors (Lipinski definition) is 0. The average Bonchev–Trinajstić information content (AvgIpc) is 3.56. The molecule has 0 radical (unpaired) electrons. The van der Waals surface area contributed by atoms with E-state index in [4.69, 9.17) is 19.4 Å². The summed E-state index contributed by atoms with van der Waals surface area (Å²) in [5.41, 5.74) is 11.5. The highest BCUT2D eigenvalue weighted by Crippen LogP contribution is 2.36. The SMILES string of the molecule is c1ccc(-c2ccc(-c3ccc(-c4ccc5oc6cc(-c7nc(-c8ccccc8)nc(-c8ccccc8)n7)ccc6c5c4)cc3)cc2)cc1. The van der Waals surface area contributed by atoms with Gasteiger partial charge in [0.25, 0.3) is 0 Å². The molecule has 7 aromatic carbocycles. The van der Waals surface area contributed by atoms with Crippen molar-refractivity contribution in [1.82, 2.24) is 15.0 Å². The van der Waals surface area contributed by atoms with E-state index in [1.165, 1.54) is 22.3 Å². The Bertz CT molecular complexity index is 2500. The molecule has 0 aliphatic carbocycles. The first-order valence-electron chi connectivity index (χ1n) is 16.4. The first-order valence-corrected chi connectivity index (χ1v) is 16.4. The summed E-state index contributed by atoms with van der Waals surface area (Å²) >= 11 is 0. The minimum atomic E-state index is 0.602. The van der Waals surface area contributed by atoms with E-state index in [0.29, 0.717) is 17.5 Å². The van der Waals surface area contributed by atoms with Crippen molar-refractivity contribution < 1.29 is 4.42 Å². The van der Waals surface area contributed by atoms with E-state index in [9.17, 15) is 0 Å². The van der Waals surface area contributed by atoms with Crippen molar-refractivity contribution in [2.24, 2.45) is 0 Å². The van der Waals surface area contributed by atoms with Gasteiger partial charge in [-0.3, -0.25) is 0 Å². The maximum Gasteiger partial charge on any atom is 0.164 e. The van der Waals surface area contributed by atoms with Crippen molar-refractivity contribution in [3.05, 3.63) is 176 Å². The van der Waals surface area contributed by atoms with Gasteiger partial charge in [-0.2, -0.15) is 0 Å². The molecular weight excluding hydrogens is 599 g/mol. The first-order chi connectivity index (χ1) is 24.2. The predicted molar refractivity (Wildman–Crippen MR) is 200 cm³/mol. The second-order valence-electron chi connectivity index (χ2n) is 12.1. The molecule has 0 saturated heterocycles. The molecular formula is C45H29N3O. The second kappa shape index (κ2) is 12.2. The van der Waals surface area contributed by atoms with E-state index in [-0.39, 0.29) is 0 Å². The number of fused-ring (bicyclic) bond motifs is 3. The third-order valence-corrected chi connectivity index (χ3v) is 8.97. The van der Waals surface area contributed by atoms with E-state index >= 15 is 0 Å². The Labute approximate surface area is 284 Å². The van der Waals surface area contributed by atoms with Crippen LogP contribution in [-0.4, -0.2) is 15.0 Å². The van der Waals surface area contributed by atoms with Crippen LogP contribution in [0.4, 0.5) is 0 Å². The predicted octanol–water partition coefficient (Wildman–Crippen LogP) is 11.8. The van der Waals surface area contributed by atoms with Crippen LogP contribution in [0.2, 0.25) is 0 Å². The minimum absolute atomic E-state index is 0.602. The van der Waals surface area contributed by atoms with Crippen LogP contribution in [0.25, 0.3) is 89.5 Å². The molecule has 0 atom stereocenters. The van der Waals surface area contributed by atoms with Crippen molar-refractivity contribution in [1.29, 1.82) is 0 Å². The summed E-state index contributed by atoms with van der Waals surface area (Å²) in [4.78, 5) is 14.6. The molecule has 0 N–H and O–H groups in total. The van der Waals surface area contributed by atoms with Crippen LogP contribution in [0, 0.1) is 0 Å². The molecule has 4 heteroatoms. The average molecular weight is 628 g/mol. The zero-order chi connectivity index (χ0) is 32.6. The monoisotopic (exact) mass is 627 g/mol. The molecule has 4 nitrogen and oxygen atoms in total. The lowest BCUT2D eigenvalue weighted by atomic mass is 9.97. The van der Waals surface area contributed by atoms with E-state index in [0.717, 1.165) is 49.8 Å². The zero-order valence-electron chi connectivity index (χ0n) is 26.5. The lowest BCUT2D eigenvalue weighted by Crippen LogP contribution is -2.00. The molecule has 0 aliphatic heterocycles. The number of rotatable bonds is 6. The van der Waals surface area contributed by atoms with Gasteiger partial charge in [0, 0.05) is 27.5 Å². The van der Waals surface area contributed by atoms with Gasteiger partial charge in [-0.25, -0.2) is 15.0 Å². The summed E-state index contributed by atoms with van der Waals surface area (Å²) in [6.45, 7) is 0. The fourth-order valence-electron chi connectivity index (χ4n) is 6.37. The van der Waals surface area contributed by atoms with Gasteiger partial charge in [0.1, 0.15) is 11.2 Å². The molecule has 0 spiro atoms. The molecule has 49 heavy (non-hydrogen) atoms. The number of aromatic nitrogens is 3. The molecule has 0 amide bonds. The van der Waals surface area contributed by atoms with E-state index in [1.807, 2.05) is 72.8 Å². The Kier molecular flexibility index (Phi) is 7.10. The molecule has 0 unspecified atom stereocenters. The largest absolute Gasteiger partial charge is 0.456 e. The maximum atomic E-state index is 6.38. The maximum absolute atomic E-state index is 6.38. The second-order valence-corrected chi connectivity index (χ2v) is 12.1. The minimum Gasteiger partial charge on any atom is -0.456 e. The van der Waals surface area contributed by atoms with Gasteiger partial charge in [0.15, 0.2) is 17.5 Å². The van der Waals surface area contributed by atoms with Crippen molar-refractivity contribution in [2.75, 3.05) is 0 Å². The molecule has 9 rings (SSSR count). The van der Waals surface area contributed by atoms with Gasteiger partial charge in [0.05, 0.1) is 0 Å². The van der Waals surface area contributed by atoms with E-state index in [1.54, 1.807) is 0 Å². The van der Waals surface area contributed by atoms with Gasteiger partial charge in [-0.15, -0.1) is 0 Å². The van der Waals surface area contributed by atoms with Crippen molar-refractivity contribution >= 4 is 21.9 Å². The molecule has 0 fully saturated rings. The summed E-state index contributed by atoms with van der Waals surface area (Å²) in [7, 11) is 0. The van der Waals surface area contributed by atoms with Crippen molar-refractivity contribution in [3.63, 3.8) is 0 Å². The molecule has 0 bridgehead atoms. The summed E-state index contributed by atoms with van der Waals surface area (Å²) in [5.74, 6) is 1.87. The highest BCUT2D eigenvalue weighted by Gasteiger charge is 2.15. The van der Waals surface area contributed by atoms with Gasteiger partial charge in [0.2, 0.25) is 0 Å². The number of furan rings is 1. The molecule has 0 aliphatic rings. The Morgan fingerprint density at radius 3 is 1.16 bits per heavy atom. The Hall–Kier alpha value is -6.65. The van der Waals surface area contributed by atoms with Crippen molar-refractivity contribution in [2.45, 2.75) is 0 Å². The molecule has 230 valence electrons. The Morgan fingerprint density at radius 2 is 0.653 bits per heavy atom. The lowest BCUT2D eigenvalue weighted by Gasteiger charge is -2.08. The topological polar surface area (TPSA) is 51.8 Å². The quantitative estimate of drug-likeness (QED) is 0.184. The van der Waals surface area contributed by atoms with Gasteiger partial charge in [-0.1, -0.05) is 152 Å². The van der Waals surface area contributed by atoms with Gasteiger partial charge in [-0.05, 0) is 57.6 Å². The fourth-order valence-corrected chi connectivity index (χ4v) is 6.37. The summed E-state index contributed by atoms with van der Waals surface area (Å²) in [5, 5.41) is 2.13. The Balaban J connectivity index is 1.04. The number of nitrogens with zero attached hydrogens (tertiary/aromatic N) is 3. The van der Waals surface area contributed by atoms with Crippen LogP contribution in [0.3, 0.4) is 0 Å². The third kappa shape index (κ3) is 5.56. The highest BCUT2D eigenvalue weighted by molar-refractivity contribution is 6.07. The molecule has 2 aromatic heterocycles. The third-order valence-electron chi connectivity index (χ3n) is 8.97. The van der Waals surface area contributed by atoms with Crippen LogP contribution in [0.1, 0.15) is 0 Å². The van der Waals surface area contributed by atoms with Crippen LogP contribution >= 0.6 is 0 Å². The normalized spacial score (nSPS) is 11.3. The van der Waals surface area contributed by atoms with Crippen molar-refractivity contribution in [3.8, 4) is 67.5 Å². The molecule has 0 saturated carbocycles. The zero-order valence-corrected chi connectivity index (χ0v) is 26.5. The van der Waals surface area contributed by atoms with E-state index < -0.39 is 0 Å². The molecule has 9 aromatic rings.